The molecule has 0 spiro atoms. The molecule has 6 aromatic rings. The van der Waals surface area contributed by atoms with Gasteiger partial charge in [0, 0.05) is 31.7 Å². The maximum Gasteiger partial charge on any atom is 0.461 e. The van der Waals surface area contributed by atoms with Gasteiger partial charge in [0.05, 0.1) is 11.2 Å². The maximum atomic E-state index is 12.3. The minimum Gasteiger partial charge on any atom is -0.444 e. The van der Waals surface area contributed by atoms with Crippen molar-refractivity contribution >= 4 is 106 Å². The van der Waals surface area contributed by atoms with Gasteiger partial charge in [-0.05, 0) is 245 Å². The van der Waals surface area contributed by atoms with Gasteiger partial charge >= 0.3 is 13.2 Å². The van der Waals surface area contributed by atoms with Gasteiger partial charge in [-0.25, -0.2) is 4.79 Å². The molecule has 6 nitrogen and oxygen atoms in total. The minimum atomic E-state index is -0.431. The van der Waals surface area contributed by atoms with Gasteiger partial charge in [-0.3, -0.25) is 0 Å². The average Bonchev–Trinajstić information content (AvgIpc) is 4.12. The van der Waals surface area contributed by atoms with E-state index >= 15 is 0 Å². The summed E-state index contributed by atoms with van der Waals surface area (Å²) in [5.41, 5.74) is 2.21. The smallest absolute Gasteiger partial charge is 0.444 e. The number of thiophene rings is 3. The van der Waals surface area contributed by atoms with Crippen LogP contribution in [0.3, 0.4) is 0 Å². The molecule has 370 valence electrons. The van der Waals surface area contributed by atoms with Crippen LogP contribution >= 0.6 is 62.3 Å². The number of carbonyl (C=O) groups is 1. The van der Waals surface area contributed by atoms with E-state index in [2.05, 4.69) is 138 Å². The van der Waals surface area contributed by atoms with Crippen LogP contribution in [0, 0.1) is 35.5 Å². The van der Waals surface area contributed by atoms with Crippen LogP contribution in [0.4, 0.5) is 4.79 Å². The number of amides is 1. The minimum absolute atomic E-state index is 0. The van der Waals surface area contributed by atoms with Crippen molar-refractivity contribution in [1.29, 1.82) is 0 Å². The second kappa shape index (κ2) is 21.2. The number of halogens is 2. The fourth-order valence-corrected chi connectivity index (χ4v) is 15.5. The Hall–Kier alpha value is -2.48. The number of nitrogens with zero attached hydrogens (tertiary/aromatic N) is 1. The number of fused-ring (bicyclic) bond motifs is 6. The molecule has 6 atom stereocenters. The van der Waals surface area contributed by atoms with E-state index in [0.29, 0.717) is 17.7 Å². The normalized spacial score (nSPS) is 29.4. The lowest BCUT2D eigenvalue weighted by atomic mass is 9.70. The lowest BCUT2D eigenvalue weighted by molar-refractivity contribution is 0.00578. The van der Waals surface area contributed by atoms with Crippen LogP contribution in [-0.2, 0) is 14.0 Å². The quantitative estimate of drug-likeness (QED) is 0.179. The topological polar surface area (TPSA) is 60.0 Å². The van der Waals surface area contributed by atoms with Gasteiger partial charge in [0.15, 0.2) is 0 Å². The summed E-state index contributed by atoms with van der Waals surface area (Å²) in [4.78, 5) is 14.1. The zero-order valence-corrected chi connectivity index (χ0v) is 46.6. The maximum absolute atomic E-state index is 12.3. The van der Waals surface area contributed by atoms with Crippen LogP contribution in [0.5, 0.6) is 0 Å². The van der Waals surface area contributed by atoms with Gasteiger partial charge in [0.25, 0.3) is 0 Å². The first-order valence-electron chi connectivity index (χ1n) is 25.7. The zero-order valence-electron chi connectivity index (χ0n) is 41.7. The Morgan fingerprint density at radius 3 is 1.58 bits per heavy atom. The number of carbonyl (C=O) groups excluding carboxylic acids is 1. The molecule has 13 rings (SSSR count). The third-order valence-electron chi connectivity index (χ3n) is 17.1. The summed E-state index contributed by atoms with van der Waals surface area (Å²) in [6.45, 7) is 18.3. The molecule has 69 heavy (non-hydrogen) atoms. The molecule has 3 aromatic heterocycles. The van der Waals surface area contributed by atoms with Crippen molar-refractivity contribution in [1.82, 2.24) is 10.2 Å². The molecule has 3 aliphatic heterocycles. The van der Waals surface area contributed by atoms with Crippen molar-refractivity contribution in [3.05, 3.63) is 105 Å². The van der Waals surface area contributed by atoms with Gasteiger partial charge in [-0.2, -0.15) is 0 Å². The molecule has 4 saturated carbocycles. The first kappa shape index (κ1) is 51.4. The van der Waals surface area contributed by atoms with Gasteiger partial charge in [0.2, 0.25) is 0 Å². The molecule has 3 aromatic carbocycles. The van der Waals surface area contributed by atoms with Crippen LogP contribution in [0.25, 0.3) is 30.3 Å². The Morgan fingerprint density at radius 1 is 0.652 bits per heavy atom. The predicted molar refractivity (Wildman–Crippen MR) is 299 cm³/mol. The number of hydrogen-bond donors (Lipinski definition) is 1. The highest BCUT2D eigenvalue weighted by Gasteiger charge is 2.57. The van der Waals surface area contributed by atoms with Crippen molar-refractivity contribution in [2.75, 3.05) is 26.2 Å². The predicted octanol–water partition coefficient (Wildman–Crippen LogP) is 16.6. The summed E-state index contributed by atoms with van der Waals surface area (Å²) in [6.07, 6.45) is 12.2. The number of rotatable bonds is 3. The average molecular weight is 1070 g/mol. The summed E-state index contributed by atoms with van der Waals surface area (Å²) < 4.78 is 23.3. The summed E-state index contributed by atoms with van der Waals surface area (Å²) in [5, 5.41) is 14.2. The zero-order chi connectivity index (χ0) is 47.4. The van der Waals surface area contributed by atoms with Crippen molar-refractivity contribution in [3.8, 4) is 0 Å². The molecule has 7 fully saturated rings. The molecule has 3 saturated heterocycles. The highest BCUT2D eigenvalue weighted by molar-refractivity contribution is 9.10. The molecule has 1 N–H and O–H groups in total. The third kappa shape index (κ3) is 11.7. The highest BCUT2D eigenvalue weighted by atomic mass is 79.9. The first-order chi connectivity index (χ1) is 32.5. The van der Waals surface area contributed by atoms with Gasteiger partial charge in [0.1, 0.15) is 5.60 Å². The molecule has 0 bridgehead atoms. The Morgan fingerprint density at radius 2 is 1.10 bits per heavy atom. The number of ether oxygens (including phenoxy) is 1. The van der Waals surface area contributed by atoms with E-state index in [-0.39, 0.29) is 36.8 Å². The molecule has 7 aliphatic rings. The monoisotopic (exact) mass is 1070 g/mol. The van der Waals surface area contributed by atoms with Crippen molar-refractivity contribution in [2.45, 2.75) is 141 Å². The molecular weight excluding hydrogens is 999 g/mol. The Labute approximate surface area is 438 Å². The fraction of sp³-hybridized carbons (Fsp3) is 0.561. The van der Waals surface area contributed by atoms with Crippen LogP contribution in [0.1, 0.15) is 129 Å². The van der Waals surface area contributed by atoms with E-state index in [9.17, 15) is 4.79 Å². The van der Waals surface area contributed by atoms with Crippen molar-refractivity contribution in [2.24, 2.45) is 35.5 Å². The Bertz CT molecular complexity index is 2540. The Balaban J connectivity index is 0.000000118. The molecule has 4 aliphatic carbocycles. The lowest BCUT2D eigenvalue weighted by Crippen LogP contribution is -2.41. The SMILES string of the molecule is Brc1ccc2sccc2c1.CC(C)(C)OC(=O)N1CC2CC(B3OC(C)(C)C(C)(C)O3)CC2C1.Cl.c1cc2cc(C3CC4CCCC4C3)ccc2s1.c1cc2cc(C3CC4CNCC4C3)ccc2s1. The standard InChI is InChI=1S/C18H32BNO4.C16H18S.C15H17NS.C8H5BrS.ClH/c1-16(2,3)22-15(21)20-10-12-8-14(9-13(12)11-20)19-23-17(4,5)18(6,7)24-19;1-2-11-9-15(10-12(11)3-1)13-4-5-16-14(8-13)6-7-17-16;1-2-15-11(3-4-17-15)5-10(1)12-6-13-8-16-9-14(13)7-12;9-7-1-2-8-6(5-7)3-4-10-8;/h12-14H,8-11H2,1-7H3;4-8,11-12,15H,1-3,9-10H2;1-5,12-14,16H,6-9H2;1-5H;1H. The van der Waals surface area contributed by atoms with Gasteiger partial charge in [-0.1, -0.05) is 59.5 Å². The second-order valence-corrected chi connectivity index (χ2v) is 27.0. The second-order valence-electron chi connectivity index (χ2n) is 23.3. The number of benzene rings is 3. The van der Waals surface area contributed by atoms with Crippen LogP contribution < -0.4 is 5.32 Å². The van der Waals surface area contributed by atoms with E-state index < -0.39 is 5.60 Å². The molecule has 6 unspecified atom stereocenters. The van der Waals surface area contributed by atoms with E-state index in [1.165, 1.54) is 88.3 Å². The van der Waals surface area contributed by atoms with Crippen molar-refractivity contribution in [3.63, 3.8) is 0 Å². The van der Waals surface area contributed by atoms with Crippen LogP contribution in [-0.4, -0.2) is 61.1 Å². The van der Waals surface area contributed by atoms with Gasteiger partial charge < -0.3 is 24.3 Å². The first-order valence-corrected chi connectivity index (χ1v) is 29.1. The number of nitrogens with one attached hydrogen (secondary N) is 1. The fourth-order valence-electron chi connectivity index (χ4n) is 12.8. The van der Waals surface area contributed by atoms with Crippen molar-refractivity contribution < 1.29 is 18.8 Å². The lowest BCUT2D eigenvalue weighted by Gasteiger charge is -2.32. The van der Waals surface area contributed by atoms with Crippen LogP contribution in [0.15, 0.2) is 93.4 Å². The molecule has 0 radical (unpaired) electrons. The van der Waals surface area contributed by atoms with E-state index in [1.807, 2.05) is 48.3 Å². The number of hydrogen-bond acceptors (Lipinski definition) is 8. The summed E-state index contributed by atoms with van der Waals surface area (Å²) in [5.74, 6) is 7.18. The molecule has 12 heteroatoms. The van der Waals surface area contributed by atoms with E-state index in [0.717, 1.165) is 65.9 Å². The highest BCUT2D eigenvalue weighted by Crippen LogP contribution is 2.52. The van der Waals surface area contributed by atoms with Gasteiger partial charge in [-0.15, -0.1) is 46.4 Å². The molecule has 1 amide bonds. The largest absolute Gasteiger partial charge is 0.461 e. The van der Waals surface area contributed by atoms with E-state index in [1.54, 1.807) is 22.5 Å². The summed E-state index contributed by atoms with van der Waals surface area (Å²) in [7, 11) is -0.115. The Kier molecular flexibility index (Phi) is 15.8. The van der Waals surface area contributed by atoms with E-state index in [4.69, 9.17) is 14.0 Å². The molecular formula is C57H73BBrClN2O4S3. The third-order valence-corrected chi connectivity index (χ3v) is 20.2. The van der Waals surface area contributed by atoms with Crippen LogP contribution in [0.2, 0.25) is 5.82 Å². The molecule has 6 heterocycles. The summed E-state index contributed by atoms with van der Waals surface area (Å²) >= 11 is 8.90. The number of likely N-dealkylation sites (tertiary alicyclic amines) is 1. The summed E-state index contributed by atoms with van der Waals surface area (Å²) in [6, 6.07) is 27.2.